The van der Waals surface area contributed by atoms with Crippen molar-refractivity contribution in [3.05, 3.63) is 70.3 Å². The summed E-state index contributed by atoms with van der Waals surface area (Å²) in [6.07, 6.45) is 0. The van der Waals surface area contributed by atoms with Gasteiger partial charge in [-0.1, -0.05) is 0 Å². The Morgan fingerprint density at radius 2 is 0.735 bits per heavy atom. The predicted molar refractivity (Wildman–Crippen MR) is 99.6 cm³/mol. The summed E-state index contributed by atoms with van der Waals surface area (Å²) in [5, 5.41) is -5.09. The molecule has 0 radical (unpaired) electrons. The molecule has 0 atom stereocenters. The lowest BCUT2D eigenvalue weighted by Gasteiger charge is -2.20. The predicted octanol–water partition coefficient (Wildman–Crippen LogP) is 7.07. The van der Waals surface area contributed by atoms with Gasteiger partial charge in [0.25, 0.3) is 0 Å². The molecule has 0 amide bonds. The van der Waals surface area contributed by atoms with E-state index in [1.165, 1.54) is 0 Å². The highest BCUT2D eigenvalue weighted by Gasteiger charge is 2.33. The number of benzene rings is 4. The number of halogens is 10. The molecule has 0 aliphatic carbocycles. The molecule has 0 aliphatic heterocycles. The lowest BCUT2D eigenvalue weighted by atomic mass is 9.90. The third-order valence-electron chi connectivity index (χ3n) is 5.20. The number of hydrogen-bond acceptors (Lipinski definition) is 2. The second-order valence-electron chi connectivity index (χ2n) is 6.89. The van der Waals surface area contributed by atoms with Crippen LogP contribution in [0.3, 0.4) is 0 Å². The zero-order chi connectivity index (χ0) is 25.2. The van der Waals surface area contributed by atoms with E-state index in [0.717, 1.165) is 14.2 Å². The van der Waals surface area contributed by atoms with E-state index in [0.29, 0.717) is 0 Å². The van der Waals surface area contributed by atoms with Crippen molar-refractivity contribution in [2.75, 3.05) is 14.2 Å². The highest BCUT2D eigenvalue weighted by atomic mass is 19.2. The van der Waals surface area contributed by atoms with E-state index >= 15 is 0 Å². The first-order chi connectivity index (χ1) is 16.0. The number of ether oxygens (including phenoxy) is 2. The third-order valence-corrected chi connectivity index (χ3v) is 5.20. The minimum absolute atomic E-state index is 0.212. The summed E-state index contributed by atoms with van der Waals surface area (Å²) >= 11 is 0. The van der Waals surface area contributed by atoms with E-state index in [4.69, 9.17) is 9.47 Å². The zero-order valence-corrected chi connectivity index (χ0v) is 16.8. The second kappa shape index (κ2) is 7.96. The molecule has 12 heteroatoms. The summed E-state index contributed by atoms with van der Waals surface area (Å²) in [6.45, 7) is 0. The van der Waals surface area contributed by atoms with Crippen molar-refractivity contribution in [2.24, 2.45) is 0 Å². The van der Waals surface area contributed by atoms with Gasteiger partial charge in [0.15, 0.2) is 69.7 Å². The van der Waals surface area contributed by atoms with Crippen LogP contribution in [-0.2, 0) is 0 Å². The van der Waals surface area contributed by atoms with Gasteiger partial charge in [0, 0.05) is 32.7 Å². The number of methoxy groups -OCH3 is 2. The Labute approximate surface area is 182 Å². The first-order valence-electron chi connectivity index (χ1n) is 9.02. The minimum atomic E-state index is -2.39. The maximum absolute atomic E-state index is 14.9. The molecule has 178 valence electrons. The normalized spacial score (nSPS) is 11.5. The molecule has 4 rings (SSSR count). The van der Waals surface area contributed by atoms with E-state index in [2.05, 4.69) is 0 Å². The highest BCUT2D eigenvalue weighted by Crippen LogP contribution is 2.50. The molecule has 0 fully saturated rings. The molecular formula is C22H8F10O2. The van der Waals surface area contributed by atoms with Crippen molar-refractivity contribution in [2.45, 2.75) is 0 Å². The molecule has 0 unspecified atom stereocenters. The lowest BCUT2D eigenvalue weighted by molar-refractivity contribution is 0.381. The second-order valence-corrected chi connectivity index (χ2v) is 6.89. The van der Waals surface area contributed by atoms with E-state index in [1.54, 1.807) is 0 Å². The summed E-state index contributed by atoms with van der Waals surface area (Å²) in [5.74, 6) is -23.2. The van der Waals surface area contributed by atoms with Crippen LogP contribution in [0.2, 0.25) is 0 Å². The Bertz CT molecular complexity index is 1420. The van der Waals surface area contributed by atoms with Crippen LogP contribution in [0.15, 0.2) is 12.1 Å². The van der Waals surface area contributed by atoms with Gasteiger partial charge in [0.2, 0.25) is 0 Å². The summed E-state index contributed by atoms with van der Waals surface area (Å²) in [6, 6.07) is 0.424. The van der Waals surface area contributed by atoms with Crippen molar-refractivity contribution in [1.29, 1.82) is 0 Å². The fourth-order valence-corrected chi connectivity index (χ4v) is 3.78. The number of fused-ring (bicyclic) bond motifs is 2. The quantitative estimate of drug-likeness (QED) is 0.172. The average Bonchev–Trinajstić information content (AvgIpc) is 2.81. The minimum Gasteiger partial charge on any atom is -0.493 e. The van der Waals surface area contributed by atoms with Gasteiger partial charge in [-0.2, -0.15) is 0 Å². The maximum atomic E-state index is 14.9. The molecule has 0 saturated heterocycles. The number of rotatable bonds is 3. The van der Waals surface area contributed by atoms with E-state index in [-0.39, 0.29) is 12.1 Å². The van der Waals surface area contributed by atoms with Gasteiger partial charge in [0.1, 0.15) is 0 Å². The Morgan fingerprint density at radius 1 is 0.441 bits per heavy atom. The van der Waals surface area contributed by atoms with Crippen LogP contribution in [-0.4, -0.2) is 14.2 Å². The van der Waals surface area contributed by atoms with E-state index in [9.17, 15) is 43.9 Å². The van der Waals surface area contributed by atoms with Crippen molar-refractivity contribution in [3.63, 3.8) is 0 Å². The van der Waals surface area contributed by atoms with Crippen molar-refractivity contribution < 1.29 is 53.4 Å². The van der Waals surface area contributed by atoms with Gasteiger partial charge in [-0.05, 0) is 12.1 Å². The molecule has 0 bridgehead atoms. The van der Waals surface area contributed by atoms with Crippen LogP contribution < -0.4 is 9.47 Å². The fraction of sp³-hybridized carbons (Fsp3) is 0.0909. The van der Waals surface area contributed by atoms with Crippen LogP contribution >= 0.6 is 0 Å². The zero-order valence-electron chi connectivity index (χ0n) is 16.8. The Morgan fingerprint density at radius 3 is 1.03 bits per heavy atom. The van der Waals surface area contributed by atoms with Crippen LogP contribution in [0.25, 0.3) is 32.7 Å². The molecule has 2 nitrogen and oxygen atoms in total. The summed E-state index contributed by atoms with van der Waals surface area (Å²) in [5.41, 5.74) is -2.36. The van der Waals surface area contributed by atoms with E-state index < -0.39 is 102 Å². The first kappa shape index (κ1) is 23.5. The maximum Gasteiger partial charge on any atom is 0.198 e. The molecule has 4 aromatic rings. The van der Waals surface area contributed by atoms with Gasteiger partial charge in [-0.3, -0.25) is 0 Å². The molecule has 0 spiro atoms. The van der Waals surface area contributed by atoms with Crippen molar-refractivity contribution >= 4 is 21.5 Å². The smallest absolute Gasteiger partial charge is 0.198 e. The standard InChI is InChI=1S/C22H8F10O2/c1-33-21-7(23)3-5-9(15(27)19(31)17(29)13(5)25)11(21)12-10-6(4-8(24)22(12)34-2)14(26)18(30)20(32)16(10)28/h3-4H,1-2H3. The average molecular weight is 494 g/mol. The highest BCUT2D eigenvalue weighted by molar-refractivity contribution is 6.10. The van der Waals surface area contributed by atoms with Crippen molar-refractivity contribution in [3.8, 4) is 22.6 Å². The van der Waals surface area contributed by atoms with Gasteiger partial charge in [-0.15, -0.1) is 0 Å². The summed E-state index contributed by atoms with van der Waals surface area (Å²) < 4.78 is 154. The SMILES string of the molecule is COc1c(F)cc2c(F)c(F)c(F)c(F)c2c1-c1c(OC)c(F)cc2c(F)c(F)c(F)c(F)c12. The largest absolute Gasteiger partial charge is 0.493 e. The monoisotopic (exact) mass is 494 g/mol. The Kier molecular flexibility index (Phi) is 5.49. The molecular weight excluding hydrogens is 486 g/mol. The molecule has 0 aromatic heterocycles. The third kappa shape index (κ3) is 2.97. The molecule has 4 aromatic carbocycles. The fourth-order valence-electron chi connectivity index (χ4n) is 3.78. The molecule has 0 N–H and O–H groups in total. The van der Waals surface area contributed by atoms with Gasteiger partial charge < -0.3 is 9.47 Å². The summed E-state index contributed by atoms with van der Waals surface area (Å²) in [4.78, 5) is 0. The Balaban J connectivity index is 2.45. The van der Waals surface area contributed by atoms with Gasteiger partial charge >= 0.3 is 0 Å². The first-order valence-corrected chi connectivity index (χ1v) is 9.02. The van der Waals surface area contributed by atoms with Crippen LogP contribution in [0, 0.1) is 58.2 Å². The number of hydrogen-bond donors (Lipinski definition) is 0. The van der Waals surface area contributed by atoms with Crippen LogP contribution in [0.5, 0.6) is 11.5 Å². The van der Waals surface area contributed by atoms with Gasteiger partial charge in [-0.25, -0.2) is 43.9 Å². The van der Waals surface area contributed by atoms with Crippen LogP contribution in [0.1, 0.15) is 0 Å². The molecule has 34 heavy (non-hydrogen) atoms. The van der Waals surface area contributed by atoms with Gasteiger partial charge in [0.05, 0.1) is 14.2 Å². The van der Waals surface area contributed by atoms with Crippen molar-refractivity contribution in [1.82, 2.24) is 0 Å². The molecule has 0 saturated carbocycles. The summed E-state index contributed by atoms with van der Waals surface area (Å²) in [7, 11) is 1.54. The lowest BCUT2D eigenvalue weighted by Crippen LogP contribution is -2.06. The molecule has 0 aliphatic rings. The topological polar surface area (TPSA) is 18.5 Å². The molecule has 0 heterocycles. The van der Waals surface area contributed by atoms with E-state index in [1.807, 2.05) is 0 Å². The van der Waals surface area contributed by atoms with Crippen LogP contribution in [0.4, 0.5) is 43.9 Å². The Hall–Kier alpha value is -3.70.